The molecular weight excluding hydrogens is 280 g/mol. The van der Waals surface area contributed by atoms with Crippen LogP contribution in [0.1, 0.15) is 21.9 Å². The summed E-state index contributed by atoms with van der Waals surface area (Å²) < 4.78 is 10.6. The number of aromatic nitrogens is 2. The zero-order valence-corrected chi connectivity index (χ0v) is 11.3. The van der Waals surface area contributed by atoms with E-state index in [-0.39, 0.29) is 5.69 Å². The van der Waals surface area contributed by atoms with E-state index in [0.717, 1.165) is 22.9 Å². The van der Waals surface area contributed by atoms with E-state index in [2.05, 4.69) is 9.97 Å². The minimum atomic E-state index is -1.11. The Balaban J connectivity index is 1.74. The van der Waals surface area contributed by atoms with Gasteiger partial charge in [-0.3, -0.25) is 0 Å². The van der Waals surface area contributed by atoms with Crippen LogP contribution in [0.4, 0.5) is 0 Å². The van der Waals surface area contributed by atoms with Gasteiger partial charge in [0.25, 0.3) is 5.22 Å². The third-order valence-electron chi connectivity index (χ3n) is 2.61. The maximum Gasteiger partial charge on any atom is 0.357 e. The first kappa shape index (κ1) is 12.7. The Bertz CT molecular complexity index is 778. The normalized spacial score (nSPS) is 11.1. The third kappa shape index (κ3) is 2.53. The molecule has 0 aliphatic heterocycles. The Morgan fingerprint density at radius 2 is 2.25 bits per heavy atom. The fourth-order valence-electron chi connectivity index (χ4n) is 1.68. The number of benzene rings is 1. The van der Waals surface area contributed by atoms with E-state index in [1.165, 1.54) is 11.8 Å². The van der Waals surface area contributed by atoms with Crippen molar-refractivity contribution >= 4 is 28.8 Å². The smallest absolute Gasteiger partial charge is 0.357 e. The highest BCUT2D eigenvalue weighted by molar-refractivity contribution is 7.98. The number of hydrogen-bond donors (Lipinski definition) is 1. The van der Waals surface area contributed by atoms with Crippen LogP contribution in [-0.4, -0.2) is 21.0 Å². The number of carboxylic acid groups (broad SMARTS) is 1. The van der Waals surface area contributed by atoms with Crippen molar-refractivity contribution in [3.63, 3.8) is 0 Å². The molecule has 2 heterocycles. The van der Waals surface area contributed by atoms with Crippen LogP contribution < -0.4 is 0 Å². The van der Waals surface area contributed by atoms with Crippen molar-refractivity contribution in [3.8, 4) is 0 Å². The molecule has 0 saturated carbocycles. The molecule has 0 bridgehead atoms. The number of carboxylic acids is 1. The summed E-state index contributed by atoms with van der Waals surface area (Å²) in [7, 11) is 0. The highest BCUT2D eigenvalue weighted by atomic mass is 32.2. The molecule has 0 aliphatic carbocycles. The van der Waals surface area contributed by atoms with Gasteiger partial charge in [-0.2, -0.15) is 0 Å². The lowest BCUT2D eigenvalue weighted by Crippen LogP contribution is -1.96. The van der Waals surface area contributed by atoms with E-state index < -0.39 is 5.97 Å². The summed E-state index contributed by atoms with van der Waals surface area (Å²) in [4.78, 5) is 18.9. The maximum atomic E-state index is 10.7. The Kier molecular flexibility index (Phi) is 3.19. The number of aryl methyl sites for hydroxylation is 1. The number of thioether (sulfide) groups is 1. The molecule has 0 aliphatic rings. The summed E-state index contributed by atoms with van der Waals surface area (Å²) in [5, 5.41) is 9.25. The van der Waals surface area contributed by atoms with Crippen molar-refractivity contribution in [2.75, 3.05) is 0 Å². The van der Waals surface area contributed by atoms with Crippen molar-refractivity contribution in [2.45, 2.75) is 17.9 Å². The lowest BCUT2D eigenvalue weighted by molar-refractivity contribution is 0.0690. The van der Waals surface area contributed by atoms with Crippen LogP contribution in [0.3, 0.4) is 0 Å². The van der Waals surface area contributed by atoms with Crippen molar-refractivity contribution in [2.24, 2.45) is 0 Å². The third-order valence-corrected chi connectivity index (χ3v) is 3.43. The molecule has 7 heteroatoms. The molecule has 3 aromatic rings. The molecule has 0 atom stereocenters. The Hall–Kier alpha value is -2.28. The summed E-state index contributed by atoms with van der Waals surface area (Å²) in [6.07, 6.45) is 1.12. The van der Waals surface area contributed by atoms with Gasteiger partial charge < -0.3 is 13.9 Å². The van der Waals surface area contributed by atoms with E-state index >= 15 is 0 Å². The van der Waals surface area contributed by atoms with E-state index in [1.54, 1.807) is 0 Å². The van der Waals surface area contributed by atoms with E-state index in [4.69, 9.17) is 13.9 Å². The molecule has 0 unspecified atom stereocenters. The Morgan fingerprint density at radius 1 is 1.40 bits per heavy atom. The predicted octanol–water partition coefficient (Wildman–Crippen LogP) is 3.11. The fraction of sp³-hybridized carbons (Fsp3) is 0.154. The van der Waals surface area contributed by atoms with Crippen LogP contribution in [0.25, 0.3) is 11.1 Å². The summed E-state index contributed by atoms with van der Waals surface area (Å²) >= 11 is 1.30. The molecule has 20 heavy (non-hydrogen) atoms. The number of rotatable bonds is 4. The number of oxazole rings is 2. The highest BCUT2D eigenvalue weighted by Crippen LogP contribution is 2.26. The quantitative estimate of drug-likeness (QED) is 0.738. The van der Waals surface area contributed by atoms with Gasteiger partial charge in [-0.25, -0.2) is 14.8 Å². The SMILES string of the molecule is Cc1ccc2oc(SCc3nc(C(=O)O)co3)nc2c1. The Labute approximate surface area is 117 Å². The van der Waals surface area contributed by atoms with Crippen LogP contribution in [0, 0.1) is 6.92 Å². The molecular formula is C13H10N2O4S. The van der Waals surface area contributed by atoms with Gasteiger partial charge in [0.05, 0.1) is 5.75 Å². The molecule has 2 aromatic heterocycles. The first-order valence-electron chi connectivity index (χ1n) is 5.79. The summed E-state index contributed by atoms with van der Waals surface area (Å²) in [6, 6.07) is 5.77. The summed E-state index contributed by atoms with van der Waals surface area (Å²) in [5.41, 5.74) is 2.53. The van der Waals surface area contributed by atoms with Gasteiger partial charge in [0, 0.05) is 0 Å². The minimum Gasteiger partial charge on any atom is -0.476 e. The number of carbonyl (C=O) groups is 1. The molecule has 3 rings (SSSR count). The predicted molar refractivity (Wildman–Crippen MR) is 71.8 cm³/mol. The molecule has 6 nitrogen and oxygen atoms in total. The van der Waals surface area contributed by atoms with Crippen molar-refractivity contribution < 1.29 is 18.7 Å². The van der Waals surface area contributed by atoms with Crippen molar-refractivity contribution in [3.05, 3.63) is 41.6 Å². The largest absolute Gasteiger partial charge is 0.476 e. The first-order chi connectivity index (χ1) is 9.61. The van der Waals surface area contributed by atoms with E-state index in [1.807, 2.05) is 25.1 Å². The average molecular weight is 290 g/mol. The van der Waals surface area contributed by atoms with Crippen LogP contribution >= 0.6 is 11.8 Å². The Morgan fingerprint density at radius 3 is 3.00 bits per heavy atom. The van der Waals surface area contributed by atoms with Gasteiger partial charge in [0.15, 0.2) is 11.3 Å². The molecule has 0 radical (unpaired) electrons. The van der Waals surface area contributed by atoms with E-state index in [0.29, 0.717) is 16.9 Å². The standard InChI is InChI=1S/C13H10N2O4S/c1-7-2-3-10-8(4-7)15-13(19-10)20-6-11-14-9(5-18-11)12(16)17/h2-5H,6H2,1H3,(H,16,17). The zero-order chi connectivity index (χ0) is 14.1. The molecule has 1 N–H and O–H groups in total. The highest BCUT2D eigenvalue weighted by Gasteiger charge is 2.12. The molecule has 0 spiro atoms. The first-order valence-corrected chi connectivity index (χ1v) is 6.78. The van der Waals surface area contributed by atoms with Crippen LogP contribution in [0.2, 0.25) is 0 Å². The second-order valence-corrected chi connectivity index (χ2v) is 5.10. The minimum absolute atomic E-state index is 0.103. The monoisotopic (exact) mass is 290 g/mol. The van der Waals surface area contributed by atoms with Crippen molar-refractivity contribution in [1.82, 2.24) is 9.97 Å². The molecule has 102 valence electrons. The second-order valence-electron chi connectivity index (χ2n) is 4.17. The second kappa shape index (κ2) is 5.01. The number of nitrogens with zero attached hydrogens (tertiary/aromatic N) is 2. The van der Waals surface area contributed by atoms with Gasteiger partial charge in [-0.05, 0) is 24.6 Å². The van der Waals surface area contributed by atoms with E-state index in [9.17, 15) is 4.79 Å². The van der Waals surface area contributed by atoms with Gasteiger partial charge in [0.2, 0.25) is 5.89 Å². The lowest BCUT2D eigenvalue weighted by Gasteiger charge is -1.90. The number of hydrogen-bond acceptors (Lipinski definition) is 6. The molecule has 0 fully saturated rings. The molecule has 0 amide bonds. The maximum absolute atomic E-state index is 10.7. The van der Waals surface area contributed by atoms with Crippen LogP contribution in [0.5, 0.6) is 0 Å². The average Bonchev–Trinajstić information content (AvgIpc) is 3.01. The van der Waals surface area contributed by atoms with Gasteiger partial charge in [0.1, 0.15) is 11.8 Å². The summed E-state index contributed by atoms with van der Waals surface area (Å²) in [6.45, 7) is 1.99. The van der Waals surface area contributed by atoms with Crippen LogP contribution in [0.15, 0.2) is 38.5 Å². The lowest BCUT2D eigenvalue weighted by atomic mass is 10.2. The van der Waals surface area contributed by atoms with Gasteiger partial charge >= 0.3 is 5.97 Å². The van der Waals surface area contributed by atoms with Gasteiger partial charge in [-0.15, -0.1) is 0 Å². The topological polar surface area (TPSA) is 89.4 Å². The number of fused-ring (bicyclic) bond motifs is 1. The zero-order valence-electron chi connectivity index (χ0n) is 10.5. The van der Waals surface area contributed by atoms with Crippen LogP contribution in [-0.2, 0) is 5.75 Å². The van der Waals surface area contributed by atoms with Crippen molar-refractivity contribution in [1.29, 1.82) is 0 Å². The molecule has 1 aromatic carbocycles. The fourth-order valence-corrected chi connectivity index (χ4v) is 2.37. The summed E-state index contributed by atoms with van der Waals surface area (Å²) in [5.74, 6) is -0.424. The van der Waals surface area contributed by atoms with Gasteiger partial charge in [-0.1, -0.05) is 17.8 Å². The number of aromatic carboxylic acids is 1. The molecule has 0 saturated heterocycles.